The Morgan fingerprint density at radius 1 is 1.53 bits per heavy atom. The number of aromatic nitrogens is 2. The van der Waals surface area contributed by atoms with Gasteiger partial charge in [-0.3, -0.25) is 4.79 Å². The van der Waals surface area contributed by atoms with Gasteiger partial charge in [0, 0.05) is 13.6 Å². The van der Waals surface area contributed by atoms with Gasteiger partial charge in [0.15, 0.2) is 16.7 Å². The molecule has 1 amide bonds. The number of methoxy groups -OCH3 is 1. The molecule has 0 bridgehead atoms. The molecule has 0 aromatic carbocycles. The van der Waals surface area contributed by atoms with Crippen LogP contribution in [0.3, 0.4) is 0 Å². The molecular weight excluding hydrogens is 268 g/mol. The molecule has 2 rings (SSSR count). The van der Waals surface area contributed by atoms with Crippen LogP contribution < -0.4 is 15.0 Å². The minimum absolute atomic E-state index is 0.0171. The Bertz CT molecular complexity index is 469. The number of carbonyl (C=O) groups excluding carboxylic acids is 1. The van der Waals surface area contributed by atoms with E-state index in [0.717, 1.165) is 25.8 Å². The lowest BCUT2D eigenvalue weighted by Gasteiger charge is -2.35. The minimum Gasteiger partial charge on any atom is -0.490 e. The number of piperidine rings is 1. The first-order valence-corrected chi connectivity index (χ1v) is 6.59. The van der Waals surface area contributed by atoms with Gasteiger partial charge in [-0.2, -0.15) is 0 Å². The summed E-state index contributed by atoms with van der Waals surface area (Å²) in [6.45, 7) is 0.752. The fourth-order valence-electron chi connectivity index (χ4n) is 2.35. The maximum Gasteiger partial charge on any atom is 0.242 e. The maximum absolute atomic E-state index is 12.0. The lowest BCUT2D eigenvalue weighted by atomic mass is 10.0. The molecule has 1 unspecified atom stereocenters. The monoisotopic (exact) mass is 284 g/mol. The van der Waals surface area contributed by atoms with Crippen LogP contribution in [0.2, 0.25) is 5.15 Å². The van der Waals surface area contributed by atoms with Crippen molar-refractivity contribution in [1.29, 1.82) is 0 Å². The summed E-state index contributed by atoms with van der Waals surface area (Å²) in [5.74, 6) is 0.979. The van der Waals surface area contributed by atoms with Crippen molar-refractivity contribution in [2.75, 3.05) is 25.6 Å². The summed E-state index contributed by atoms with van der Waals surface area (Å²) in [7, 11) is 3.16. The van der Waals surface area contributed by atoms with Crippen molar-refractivity contribution >= 4 is 23.3 Å². The van der Waals surface area contributed by atoms with Gasteiger partial charge in [0.2, 0.25) is 5.91 Å². The molecule has 0 radical (unpaired) electrons. The summed E-state index contributed by atoms with van der Waals surface area (Å²) >= 11 is 6.01. The number of likely N-dealkylation sites (N-methyl/N-ethyl adjacent to an activating group) is 1. The summed E-state index contributed by atoms with van der Waals surface area (Å²) in [6, 6.07) is -0.237. The second-order valence-corrected chi connectivity index (χ2v) is 4.70. The lowest BCUT2D eigenvalue weighted by molar-refractivity contribution is -0.122. The van der Waals surface area contributed by atoms with Gasteiger partial charge in [-0.05, 0) is 19.3 Å². The fourth-order valence-corrected chi connectivity index (χ4v) is 2.55. The second-order valence-electron chi connectivity index (χ2n) is 4.34. The quantitative estimate of drug-likeness (QED) is 0.846. The predicted octanol–water partition coefficient (Wildman–Crippen LogP) is 1.24. The molecule has 0 spiro atoms. The number of amides is 1. The van der Waals surface area contributed by atoms with Crippen LogP contribution in [0, 0.1) is 0 Å². The molecule has 1 aliphatic rings. The third kappa shape index (κ3) is 2.73. The van der Waals surface area contributed by atoms with E-state index in [2.05, 4.69) is 15.3 Å². The van der Waals surface area contributed by atoms with Gasteiger partial charge in [-0.25, -0.2) is 9.97 Å². The van der Waals surface area contributed by atoms with E-state index in [0.29, 0.717) is 11.6 Å². The maximum atomic E-state index is 12.0. The Labute approximate surface area is 117 Å². The molecule has 0 aliphatic carbocycles. The van der Waals surface area contributed by atoms with Gasteiger partial charge in [0.25, 0.3) is 0 Å². The highest BCUT2D eigenvalue weighted by molar-refractivity contribution is 6.31. The Balaban J connectivity index is 2.37. The Kier molecular flexibility index (Phi) is 4.42. The molecule has 1 atom stereocenters. The van der Waals surface area contributed by atoms with E-state index in [4.69, 9.17) is 16.3 Å². The molecule has 2 heterocycles. The summed E-state index contributed by atoms with van der Waals surface area (Å²) in [6.07, 6.45) is 4.22. The summed E-state index contributed by atoms with van der Waals surface area (Å²) < 4.78 is 5.26. The third-order valence-electron chi connectivity index (χ3n) is 3.27. The number of anilines is 1. The minimum atomic E-state index is -0.237. The molecule has 0 saturated carbocycles. The number of hydrogen-bond acceptors (Lipinski definition) is 5. The molecule has 1 fully saturated rings. The number of nitrogens with zero attached hydrogens (tertiary/aromatic N) is 3. The summed E-state index contributed by atoms with van der Waals surface area (Å²) in [4.78, 5) is 22.0. The van der Waals surface area contributed by atoms with E-state index < -0.39 is 0 Å². The molecule has 1 aliphatic heterocycles. The lowest BCUT2D eigenvalue weighted by Crippen LogP contribution is -2.49. The van der Waals surface area contributed by atoms with E-state index in [1.54, 1.807) is 7.05 Å². The third-order valence-corrected chi connectivity index (χ3v) is 3.54. The average Bonchev–Trinajstić information content (AvgIpc) is 2.46. The molecule has 7 heteroatoms. The number of hydrogen-bond donors (Lipinski definition) is 1. The summed E-state index contributed by atoms with van der Waals surface area (Å²) in [5.41, 5.74) is 0. The van der Waals surface area contributed by atoms with E-state index >= 15 is 0 Å². The van der Waals surface area contributed by atoms with Gasteiger partial charge < -0.3 is 15.0 Å². The zero-order valence-electron chi connectivity index (χ0n) is 11.0. The van der Waals surface area contributed by atoms with Gasteiger partial charge >= 0.3 is 0 Å². The van der Waals surface area contributed by atoms with Gasteiger partial charge in [-0.15, -0.1) is 0 Å². The van der Waals surface area contributed by atoms with Crippen molar-refractivity contribution in [2.24, 2.45) is 0 Å². The van der Waals surface area contributed by atoms with Crippen molar-refractivity contribution in [3.05, 3.63) is 11.5 Å². The molecule has 1 N–H and O–H groups in total. The topological polar surface area (TPSA) is 67.4 Å². The molecule has 1 aromatic rings. The van der Waals surface area contributed by atoms with Crippen LogP contribution in [0.1, 0.15) is 19.3 Å². The average molecular weight is 285 g/mol. The fraction of sp³-hybridized carbons (Fsp3) is 0.583. The smallest absolute Gasteiger partial charge is 0.242 e. The number of halogens is 1. The van der Waals surface area contributed by atoms with Crippen molar-refractivity contribution in [1.82, 2.24) is 15.3 Å². The van der Waals surface area contributed by atoms with Crippen molar-refractivity contribution in [3.8, 4) is 5.75 Å². The molecule has 6 nitrogen and oxygen atoms in total. The van der Waals surface area contributed by atoms with Crippen LogP contribution >= 0.6 is 11.6 Å². The van der Waals surface area contributed by atoms with Crippen LogP contribution in [-0.2, 0) is 4.79 Å². The number of nitrogens with one attached hydrogen (secondary N) is 1. The Morgan fingerprint density at radius 2 is 2.32 bits per heavy atom. The zero-order chi connectivity index (χ0) is 13.8. The number of ether oxygens (including phenoxy) is 1. The first-order valence-electron chi connectivity index (χ1n) is 6.21. The number of rotatable bonds is 3. The van der Waals surface area contributed by atoms with Crippen LogP contribution in [0.25, 0.3) is 0 Å². The van der Waals surface area contributed by atoms with Crippen LogP contribution in [0.15, 0.2) is 6.33 Å². The number of carbonyl (C=O) groups is 1. The van der Waals surface area contributed by atoms with Crippen LogP contribution in [-0.4, -0.2) is 42.6 Å². The van der Waals surface area contributed by atoms with E-state index in [1.165, 1.54) is 13.4 Å². The SMILES string of the molecule is CNC(=O)C1CCCCN1c1ncnc(Cl)c1OC. The molecule has 19 heavy (non-hydrogen) atoms. The molecule has 104 valence electrons. The van der Waals surface area contributed by atoms with E-state index in [1.807, 2.05) is 4.90 Å². The largest absolute Gasteiger partial charge is 0.490 e. The van der Waals surface area contributed by atoms with Gasteiger partial charge in [0.05, 0.1) is 7.11 Å². The predicted molar refractivity (Wildman–Crippen MR) is 72.6 cm³/mol. The molecule has 1 aromatic heterocycles. The van der Waals surface area contributed by atoms with Crippen LogP contribution in [0.4, 0.5) is 5.82 Å². The molecular formula is C12H17ClN4O2. The normalized spacial score (nSPS) is 19.1. The standard InChI is InChI=1S/C12H17ClN4O2/c1-14-12(18)8-5-3-4-6-17(8)11-9(19-2)10(13)15-7-16-11/h7-8H,3-6H2,1-2H3,(H,14,18). The van der Waals surface area contributed by atoms with Crippen molar-refractivity contribution < 1.29 is 9.53 Å². The van der Waals surface area contributed by atoms with E-state index in [-0.39, 0.29) is 17.1 Å². The second kappa shape index (κ2) is 6.06. The Hall–Kier alpha value is -1.56. The highest BCUT2D eigenvalue weighted by Crippen LogP contribution is 2.34. The van der Waals surface area contributed by atoms with Crippen LogP contribution in [0.5, 0.6) is 5.75 Å². The summed E-state index contributed by atoms with van der Waals surface area (Å²) in [5, 5.41) is 2.95. The highest BCUT2D eigenvalue weighted by atomic mass is 35.5. The highest BCUT2D eigenvalue weighted by Gasteiger charge is 2.31. The first kappa shape index (κ1) is 13.9. The van der Waals surface area contributed by atoms with E-state index in [9.17, 15) is 4.79 Å². The van der Waals surface area contributed by atoms with Gasteiger partial charge in [-0.1, -0.05) is 11.6 Å². The van der Waals surface area contributed by atoms with Gasteiger partial charge in [0.1, 0.15) is 12.4 Å². The zero-order valence-corrected chi connectivity index (χ0v) is 11.8. The molecule has 1 saturated heterocycles. The van der Waals surface area contributed by atoms with Crippen molar-refractivity contribution in [3.63, 3.8) is 0 Å². The Morgan fingerprint density at radius 3 is 3.00 bits per heavy atom. The van der Waals surface area contributed by atoms with Crippen molar-refractivity contribution in [2.45, 2.75) is 25.3 Å². The first-order chi connectivity index (χ1) is 9.19.